The summed E-state index contributed by atoms with van der Waals surface area (Å²) in [4.78, 5) is 38.1. The van der Waals surface area contributed by atoms with Crippen LogP contribution >= 0.6 is 0 Å². The zero-order valence-electron chi connectivity index (χ0n) is 42.0. The minimum absolute atomic E-state index is 0.0870. The Bertz CT molecular complexity index is 1210. The second-order valence-corrected chi connectivity index (χ2v) is 17.8. The van der Waals surface area contributed by atoms with Crippen molar-refractivity contribution in [2.45, 2.75) is 264 Å². The largest absolute Gasteiger partial charge is 0.462 e. The minimum atomic E-state index is -0.788. The number of carbonyl (C=O) groups excluding carboxylic acids is 3. The van der Waals surface area contributed by atoms with Crippen molar-refractivity contribution in [2.24, 2.45) is 0 Å². The van der Waals surface area contributed by atoms with Crippen LogP contribution in [0.2, 0.25) is 0 Å². The van der Waals surface area contributed by atoms with Crippen molar-refractivity contribution < 1.29 is 28.6 Å². The molecule has 1 atom stereocenters. The summed E-state index contributed by atoms with van der Waals surface area (Å²) in [5.41, 5.74) is 0. The summed E-state index contributed by atoms with van der Waals surface area (Å²) in [6, 6.07) is 0. The molecular weight excluding hydrogens is 793 g/mol. The average Bonchev–Trinajstić information content (AvgIpc) is 3.29. The molecule has 0 aromatic heterocycles. The summed E-state index contributed by atoms with van der Waals surface area (Å²) >= 11 is 0. The van der Waals surface area contributed by atoms with Crippen LogP contribution in [0.4, 0.5) is 0 Å². The van der Waals surface area contributed by atoms with E-state index in [1.165, 1.54) is 116 Å². The quantitative estimate of drug-likeness (QED) is 0.0199. The van der Waals surface area contributed by atoms with Gasteiger partial charge in [-0.2, -0.15) is 0 Å². The maximum absolute atomic E-state index is 12.8. The molecule has 0 spiro atoms. The fraction of sp³-hybridized carbons (Fsp3) is 0.741. The summed E-state index contributed by atoms with van der Waals surface area (Å²) in [6.07, 6.45) is 65.9. The van der Waals surface area contributed by atoms with Crippen LogP contribution in [0.1, 0.15) is 258 Å². The molecule has 64 heavy (non-hydrogen) atoms. The lowest BCUT2D eigenvalue weighted by atomic mass is 10.1. The second-order valence-electron chi connectivity index (χ2n) is 17.8. The normalized spacial score (nSPS) is 12.6. The van der Waals surface area contributed by atoms with Crippen molar-refractivity contribution >= 4 is 17.9 Å². The number of allylic oxidation sites excluding steroid dienone is 12. The molecule has 6 heteroatoms. The molecule has 6 nitrogen and oxygen atoms in total. The van der Waals surface area contributed by atoms with E-state index in [-0.39, 0.29) is 31.1 Å². The fourth-order valence-corrected chi connectivity index (χ4v) is 7.38. The molecule has 368 valence electrons. The Morgan fingerprint density at radius 1 is 0.344 bits per heavy atom. The van der Waals surface area contributed by atoms with Crippen LogP contribution in [0.5, 0.6) is 0 Å². The fourth-order valence-electron chi connectivity index (χ4n) is 7.38. The molecule has 1 unspecified atom stereocenters. The molecular formula is C58H100O6. The molecule has 0 aliphatic rings. The van der Waals surface area contributed by atoms with Gasteiger partial charge in [0.25, 0.3) is 0 Å². The first-order valence-electron chi connectivity index (χ1n) is 27.0. The highest BCUT2D eigenvalue weighted by Gasteiger charge is 2.19. The summed E-state index contributed by atoms with van der Waals surface area (Å²) in [6.45, 7) is 6.46. The molecule has 0 bridgehead atoms. The van der Waals surface area contributed by atoms with E-state index in [0.717, 1.165) is 103 Å². The highest BCUT2D eigenvalue weighted by molar-refractivity contribution is 5.71. The molecule has 0 aromatic rings. The molecule has 0 amide bonds. The van der Waals surface area contributed by atoms with Crippen LogP contribution in [-0.2, 0) is 28.6 Å². The number of esters is 3. The van der Waals surface area contributed by atoms with E-state index in [9.17, 15) is 14.4 Å². The summed E-state index contributed by atoms with van der Waals surface area (Å²) < 4.78 is 16.8. The standard InChI is InChI=1S/C58H100O6/c1-4-7-10-13-16-19-22-25-28-29-31-33-36-39-42-45-48-51-57(60)63-54-55(53-62-56(59)50-47-44-41-38-35-32-27-24-21-18-15-12-9-6-3)64-58(61)52-49-46-43-40-37-34-30-26-23-20-17-14-11-8-5-2/h9,12,16-21,23,25-26,28,55H,4-8,10-11,13-15,22,24,27,29-54H2,1-3H3/b12-9-,19-16-,20-17-,21-18-,26-23-,28-25-. The number of carbonyl (C=O) groups is 3. The van der Waals surface area contributed by atoms with Crippen molar-refractivity contribution in [2.75, 3.05) is 13.2 Å². The molecule has 0 aliphatic heterocycles. The number of hydrogen-bond acceptors (Lipinski definition) is 6. The topological polar surface area (TPSA) is 78.9 Å². The molecule has 0 fully saturated rings. The molecule has 0 N–H and O–H groups in total. The monoisotopic (exact) mass is 893 g/mol. The number of unbranched alkanes of at least 4 members (excludes halogenated alkanes) is 26. The van der Waals surface area contributed by atoms with Gasteiger partial charge in [0.2, 0.25) is 0 Å². The third-order valence-electron chi connectivity index (χ3n) is 11.4. The predicted molar refractivity (Wildman–Crippen MR) is 274 cm³/mol. The van der Waals surface area contributed by atoms with Gasteiger partial charge in [0, 0.05) is 19.3 Å². The van der Waals surface area contributed by atoms with E-state index < -0.39 is 6.10 Å². The Kier molecular flexibility index (Phi) is 49.9. The van der Waals surface area contributed by atoms with Crippen LogP contribution in [0.25, 0.3) is 0 Å². The Morgan fingerprint density at radius 2 is 0.656 bits per heavy atom. The lowest BCUT2D eigenvalue weighted by Crippen LogP contribution is -2.30. The number of hydrogen-bond donors (Lipinski definition) is 0. The van der Waals surface area contributed by atoms with Gasteiger partial charge in [-0.05, 0) is 103 Å². The highest BCUT2D eigenvalue weighted by atomic mass is 16.6. The maximum Gasteiger partial charge on any atom is 0.306 e. The Hall–Kier alpha value is -3.15. The van der Waals surface area contributed by atoms with E-state index >= 15 is 0 Å². The van der Waals surface area contributed by atoms with Crippen molar-refractivity contribution in [3.8, 4) is 0 Å². The molecule has 0 aliphatic carbocycles. The van der Waals surface area contributed by atoms with Gasteiger partial charge in [-0.1, -0.05) is 209 Å². The summed E-state index contributed by atoms with van der Waals surface area (Å²) in [5.74, 6) is -0.910. The van der Waals surface area contributed by atoms with Crippen molar-refractivity contribution in [1.29, 1.82) is 0 Å². The second kappa shape index (κ2) is 52.5. The van der Waals surface area contributed by atoms with Crippen molar-refractivity contribution in [3.63, 3.8) is 0 Å². The maximum atomic E-state index is 12.8. The highest BCUT2D eigenvalue weighted by Crippen LogP contribution is 2.14. The Morgan fingerprint density at radius 3 is 1.03 bits per heavy atom. The van der Waals surface area contributed by atoms with Gasteiger partial charge >= 0.3 is 17.9 Å². The summed E-state index contributed by atoms with van der Waals surface area (Å²) in [7, 11) is 0. The third-order valence-corrected chi connectivity index (χ3v) is 11.4. The van der Waals surface area contributed by atoms with E-state index in [4.69, 9.17) is 14.2 Å². The van der Waals surface area contributed by atoms with Crippen LogP contribution < -0.4 is 0 Å². The van der Waals surface area contributed by atoms with Crippen LogP contribution in [0.15, 0.2) is 72.9 Å². The predicted octanol–water partition coefficient (Wildman–Crippen LogP) is 17.8. The summed E-state index contributed by atoms with van der Waals surface area (Å²) in [5, 5.41) is 0. The minimum Gasteiger partial charge on any atom is -0.462 e. The van der Waals surface area contributed by atoms with Crippen LogP contribution in [0.3, 0.4) is 0 Å². The van der Waals surface area contributed by atoms with Gasteiger partial charge in [0.1, 0.15) is 13.2 Å². The van der Waals surface area contributed by atoms with Gasteiger partial charge in [0.05, 0.1) is 0 Å². The van der Waals surface area contributed by atoms with Crippen molar-refractivity contribution in [3.05, 3.63) is 72.9 Å². The number of rotatable bonds is 48. The average molecular weight is 893 g/mol. The zero-order valence-corrected chi connectivity index (χ0v) is 42.0. The lowest BCUT2D eigenvalue weighted by molar-refractivity contribution is -0.167. The molecule has 0 heterocycles. The van der Waals surface area contributed by atoms with E-state index in [1.54, 1.807) is 0 Å². The first-order chi connectivity index (χ1) is 31.5. The lowest BCUT2D eigenvalue weighted by Gasteiger charge is -2.18. The van der Waals surface area contributed by atoms with E-state index in [1.807, 2.05) is 0 Å². The van der Waals surface area contributed by atoms with Crippen LogP contribution in [-0.4, -0.2) is 37.2 Å². The first-order valence-corrected chi connectivity index (χ1v) is 27.0. The smallest absolute Gasteiger partial charge is 0.306 e. The van der Waals surface area contributed by atoms with Gasteiger partial charge in [-0.15, -0.1) is 0 Å². The van der Waals surface area contributed by atoms with E-state index in [0.29, 0.717) is 19.3 Å². The van der Waals surface area contributed by atoms with Gasteiger partial charge in [-0.3, -0.25) is 14.4 Å². The molecule has 0 saturated carbocycles. The van der Waals surface area contributed by atoms with Gasteiger partial charge in [-0.25, -0.2) is 0 Å². The first kappa shape index (κ1) is 60.9. The molecule has 0 radical (unpaired) electrons. The van der Waals surface area contributed by atoms with Crippen LogP contribution in [0, 0.1) is 0 Å². The van der Waals surface area contributed by atoms with Gasteiger partial charge in [0.15, 0.2) is 6.10 Å². The molecule has 0 rings (SSSR count). The zero-order chi connectivity index (χ0) is 46.5. The molecule has 0 aromatic carbocycles. The van der Waals surface area contributed by atoms with Crippen molar-refractivity contribution in [1.82, 2.24) is 0 Å². The molecule has 0 saturated heterocycles. The Balaban J connectivity index is 4.42. The third kappa shape index (κ3) is 49.9. The SMILES string of the molecule is CC/C=C\C/C=C\CCCCCCCCCC(=O)OCC(COC(=O)CCCCCCCCC/C=C\C/C=C\CCCCC)OC(=O)CCCCCCCC/C=C\C=C/CCCCC. The van der Waals surface area contributed by atoms with E-state index in [2.05, 4.69) is 93.7 Å². The van der Waals surface area contributed by atoms with Gasteiger partial charge < -0.3 is 14.2 Å². The number of ether oxygens (including phenoxy) is 3. The Labute approximate surface area is 395 Å².